The summed E-state index contributed by atoms with van der Waals surface area (Å²) >= 11 is 0. The molecule has 6 heteroatoms. The second-order valence-corrected chi connectivity index (χ2v) is 6.23. The van der Waals surface area contributed by atoms with Crippen LogP contribution in [0.2, 0.25) is 0 Å². The zero-order chi connectivity index (χ0) is 17.2. The number of pyridine rings is 1. The molecule has 2 heterocycles. The number of hydrogen-bond donors (Lipinski definition) is 1. The maximum Gasteiger partial charge on any atom is 0.329 e. The fourth-order valence-corrected chi connectivity index (χ4v) is 2.53. The number of ether oxygens (including phenoxy) is 2. The molecule has 1 aliphatic rings. The van der Waals surface area contributed by atoms with Crippen molar-refractivity contribution in [3.63, 3.8) is 0 Å². The normalized spacial score (nSPS) is 18.8. The predicted octanol–water partition coefficient (Wildman–Crippen LogP) is 2.70. The molecule has 0 bridgehead atoms. The molecule has 0 spiro atoms. The van der Waals surface area contributed by atoms with Gasteiger partial charge in [-0.25, -0.2) is 4.79 Å². The molecule has 3 rings (SSSR count). The Kier molecular flexibility index (Phi) is 4.20. The van der Waals surface area contributed by atoms with Crippen molar-refractivity contribution in [2.75, 3.05) is 0 Å². The summed E-state index contributed by atoms with van der Waals surface area (Å²) in [5.41, 5.74) is -0.0952. The number of carbonyl (C=O) groups excluding carboxylic acids is 2. The number of carbonyl (C=O) groups is 2. The van der Waals surface area contributed by atoms with Crippen LogP contribution in [-0.2, 0) is 9.53 Å². The van der Waals surface area contributed by atoms with E-state index in [9.17, 15) is 9.59 Å². The van der Waals surface area contributed by atoms with E-state index in [1.807, 2.05) is 13.8 Å². The van der Waals surface area contributed by atoms with Crippen molar-refractivity contribution in [1.82, 2.24) is 10.3 Å². The highest BCUT2D eigenvalue weighted by atomic mass is 16.6. The number of esters is 1. The van der Waals surface area contributed by atoms with Gasteiger partial charge in [0.25, 0.3) is 5.91 Å². The lowest BCUT2D eigenvalue weighted by Crippen LogP contribution is -2.38. The smallest absolute Gasteiger partial charge is 0.329 e. The van der Waals surface area contributed by atoms with Crippen LogP contribution in [0.15, 0.2) is 48.8 Å². The molecule has 1 N–H and O–H groups in total. The third kappa shape index (κ3) is 3.71. The van der Waals surface area contributed by atoms with E-state index in [2.05, 4.69) is 10.3 Å². The van der Waals surface area contributed by atoms with Crippen LogP contribution < -0.4 is 10.1 Å². The molecule has 124 valence electrons. The van der Waals surface area contributed by atoms with Crippen molar-refractivity contribution < 1.29 is 19.1 Å². The first-order chi connectivity index (χ1) is 11.4. The fourth-order valence-electron chi connectivity index (χ4n) is 2.53. The van der Waals surface area contributed by atoms with Crippen LogP contribution in [0.25, 0.3) is 0 Å². The Balaban J connectivity index is 1.63. The molecule has 1 aromatic heterocycles. The van der Waals surface area contributed by atoms with Gasteiger partial charge in [0.2, 0.25) is 0 Å². The van der Waals surface area contributed by atoms with Gasteiger partial charge in [-0.15, -0.1) is 0 Å². The van der Waals surface area contributed by atoms with Crippen LogP contribution in [0, 0.1) is 0 Å². The topological polar surface area (TPSA) is 77.5 Å². The minimum atomic E-state index is -0.612. The van der Waals surface area contributed by atoms with E-state index in [1.165, 1.54) is 0 Å². The second kappa shape index (κ2) is 6.31. The number of amides is 1. The molecule has 1 saturated heterocycles. The van der Waals surface area contributed by atoms with Gasteiger partial charge in [0, 0.05) is 18.2 Å². The summed E-state index contributed by atoms with van der Waals surface area (Å²) in [6, 6.07) is 9.63. The molecule has 1 aromatic carbocycles. The lowest BCUT2D eigenvalue weighted by molar-refractivity contribution is -0.147. The van der Waals surface area contributed by atoms with Crippen LogP contribution in [0.4, 0.5) is 0 Å². The van der Waals surface area contributed by atoms with E-state index in [1.54, 1.807) is 48.8 Å². The van der Waals surface area contributed by atoms with E-state index in [0.29, 0.717) is 23.5 Å². The van der Waals surface area contributed by atoms with Crippen LogP contribution in [0.1, 0.15) is 30.6 Å². The average Bonchev–Trinajstić information content (AvgIpc) is 2.81. The third-order valence-electron chi connectivity index (χ3n) is 3.65. The van der Waals surface area contributed by atoms with E-state index in [-0.39, 0.29) is 5.91 Å². The van der Waals surface area contributed by atoms with Gasteiger partial charge in [-0.2, -0.15) is 0 Å². The summed E-state index contributed by atoms with van der Waals surface area (Å²) in [7, 11) is 0. The number of cyclic esters (lactones) is 1. The lowest BCUT2D eigenvalue weighted by atomic mass is 10.0. The van der Waals surface area contributed by atoms with Gasteiger partial charge in [-0.05, 0) is 50.2 Å². The first-order valence-corrected chi connectivity index (χ1v) is 7.65. The van der Waals surface area contributed by atoms with Crippen molar-refractivity contribution in [3.05, 3.63) is 54.4 Å². The summed E-state index contributed by atoms with van der Waals surface area (Å²) < 4.78 is 10.8. The number of hydrogen-bond acceptors (Lipinski definition) is 5. The fraction of sp³-hybridized carbons (Fsp3) is 0.278. The Labute approximate surface area is 139 Å². The number of benzene rings is 1. The van der Waals surface area contributed by atoms with Crippen molar-refractivity contribution in [3.8, 4) is 11.5 Å². The third-order valence-corrected chi connectivity index (χ3v) is 3.65. The maximum atomic E-state index is 12.3. The first kappa shape index (κ1) is 16.0. The Morgan fingerprint density at radius 2 is 2.00 bits per heavy atom. The molecule has 0 saturated carbocycles. The molecule has 1 atom stereocenters. The molecule has 0 unspecified atom stereocenters. The SMILES string of the molecule is CC1(C)C[C@H](NC(=O)c2ccc(Oc3cccnc3)cc2)C(=O)O1. The Morgan fingerprint density at radius 1 is 1.25 bits per heavy atom. The quantitative estimate of drug-likeness (QED) is 0.874. The van der Waals surface area contributed by atoms with Crippen molar-refractivity contribution in [2.24, 2.45) is 0 Å². The van der Waals surface area contributed by atoms with Gasteiger partial charge in [0.15, 0.2) is 0 Å². The van der Waals surface area contributed by atoms with Gasteiger partial charge >= 0.3 is 5.97 Å². The first-order valence-electron chi connectivity index (χ1n) is 7.65. The number of nitrogens with zero attached hydrogens (tertiary/aromatic N) is 1. The summed E-state index contributed by atoms with van der Waals surface area (Å²) in [6.07, 6.45) is 3.73. The Morgan fingerprint density at radius 3 is 2.58 bits per heavy atom. The van der Waals surface area contributed by atoms with Crippen molar-refractivity contribution in [1.29, 1.82) is 0 Å². The lowest BCUT2D eigenvalue weighted by Gasteiger charge is -2.14. The van der Waals surface area contributed by atoms with E-state index >= 15 is 0 Å². The molecule has 0 aliphatic carbocycles. The van der Waals surface area contributed by atoms with Crippen LogP contribution in [0.5, 0.6) is 11.5 Å². The molecule has 1 fully saturated rings. The van der Waals surface area contributed by atoms with Crippen LogP contribution >= 0.6 is 0 Å². The van der Waals surface area contributed by atoms with Gasteiger partial charge in [-0.1, -0.05) is 0 Å². The molecule has 1 amide bonds. The number of nitrogens with one attached hydrogen (secondary N) is 1. The number of aromatic nitrogens is 1. The summed E-state index contributed by atoms with van der Waals surface area (Å²) in [6.45, 7) is 3.64. The second-order valence-electron chi connectivity index (χ2n) is 6.23. The highest BCUT2D eigenvalue weighted by Gasteiger charge is 2.40. The van der Waals surface area contributed by atoms with Crippen molar-refractivity contribution in [2.45, 2.75) is 31.9 Å². The van der Waals surface area contributed by atoms with Crippen molar-refractivity contribution >= 4 is 11.9 Å². The van der Waals surface area contributed by atoms with Crippen LogP contribution in [-0.4, -0.2) is 28.5 Å². The van der Waals surface area contributed by atoms with Gasteiger partial charge in [0.1, 0.15) is 23.1 Å². The molecule has 0 radical (unpaired) electrons. The molecular weight excluding hydrogens is 308 g/mol. The molecule has 1 aliphatic heterocycles. The summed E-state index contributed by atoms with van der Waals surface area (Å²) in [5, 5.41) is 2.71. The van der Waals surface area contributed by atoms with E-state index in [0.717, 1.165) is 0 Å². The zero-order valence-corrected chi connectivity index (χ0v) is 13.5. The van der Waals surface area contributed by atoms with Gasteiger partial charge in [0.05, 0.1) is 6.20 Å². The monoisotopic (exact) mass is 326 g/mol. The van der Waals surface area contributed by atoms with Gasteiger partial charge in [-0.3, -0.25) is 9.78 Å². The number of rotatable bonds is 4. The highest BCUT2D eigenvalue weighted by molar-refractivity contribution is 5.97. The predicted molar refractivity (Wildman–Crippen MR) is 86.8 cm³/mol. The molecule has 6 nitrogen and oxygen atoms in total. The molecule has 2 aromatic rings. The maximum absolute atomic E-state index is 12.3. The average molecular weight is 326 g/mol. The van der Waals surface area contributed by atoms with Gasteiger partial charge < -0.3 is 14.8 Å². The molecule has 24 heavy (non-hydrogen) atoms. The largest absolute Gasteiger partial charge is 0.458 e. The minimum Gasteiger partial charge on any atom is -0.458 e. The van der Waals surface area contributed by atoms with E-state index < -0.39 is 17.6 Å². The van der Waals surface area contributed by atoms with Crippen LogP contribution in [0.3, 0.4) is 0 Å². The Bertz CT molecular complexity index is 741. The summed E-state index contributed by atoms with van der Waals surface area (Å²) in [5.74, 6) is 0.499. The standard InChI is InChI=1S/C18H18N2O4/c1-18(2)10-15(17(22)24-18)20-16(21)12-5-7-13(8-6-12)23-14-4-3-9-19-11-14/h3-9,11,15H,10H2,1-2H3,(H,20,21)/t15-/m0/s1. The molecular formula is C18H18N2O4. The van der Waals surface area contributed by atoms with E-state index in [4.69, 9.17) is 9.47 Å². The highest BCUT2D eigenvalue weighted by Crippen LogP contribution is 2.26. The summed E-state index contributed by atoms with van der Waals surface area (Å²) in [4.78, 5) is 28.0. The zero-order valence-electron chi connectivity index (χ0n) is 13.5. The Hall–Kier alpha value is -2.89. The minimum absolute atomic E-state index is 0.317.